The molecule has 0 atom stereocenters. The Bertz CT molecular complexity index is 511. The van der Waals surface area contributed by atoms with Crippen molar-refractivity contribution in [3.63, 3.8) is 0 Å². The summed E-state index contributed by atoms with van der Waals surface area (Å²) >= 11 is 1.17. The lowest BCUT2D eigenvalue weighted by molar-refractivity contribution is 0.0529. The molecule has 7 heteroatoms. The summed E-state index contributed by atoms with van der Waals surface area (Å²) in [6.45, 7) is 8.29. The van der Waals surface area contributed by atoms with Crippen LogP contribution in [0.5, 0.6) is 0 Å². The highest BCUT2D eigenvalue weighted by Crippen LogP contribution is 2.36. The van der Waals surface area contributed by atoms with Crippen LogP contribution in [0, 0.1) is 0 Å². The van der Waals surface area contributed by atoms with E-state index in [9.17, 15) is 9.59 Å². The van der Waals surface area contributed by atoms with Gasteiger partial charge >= 0.3 is 5.97 Å². The first-order valence-corrected chi connectivity index (χ1v) is 7.65. The SMILES string of the molecule is CCOC(=O)c1c(NCCOC(C)C)sc(C(C)=O)c1N. The van der Waals surface area contributed by atoms with Gasteiger partial charge in [-0.2, -0.15) is 0 Å². The molecule has 0 fully saturated rings. The number of thiophene rings is 1. The number of nitrogens with two attached hydrogens (primary N) is 1. The molecule has 1 heterocycles. The van der Waals surface area contributed by atoms with Gasteiger partial charge in [-0.15, -0.1) is 11.3 Å². The first kappa shape index (κ1) is 17.5. The van der Waals surface area contributed by atoms with Gasteiger partial charge in [0.25, 0.3) is 0 Å². The number of Topliss-reactive ketones (excluding diaryl/α,β-unsaturated/α-hetero) is 1. The number of nitrogens with one attached hydrogen (secondary N) is 1. The van der Waals surface area contributed by atoms with Gasteiger partial charge in [-0.05, 0) is 20.8 Å². The summed E-state index contributed by atoms with van der Waals surface area (Å²) in [5.41, 5.74) is 6.32. The number of esters is 1. The van der Waals surface area contributed by atoms with E-state index in [1.807, 2.05) is 13.8 Å². The van der Waals surface area contributed by atoms with Crippen LogP contribution in [0.25, 0.3) is 0 Å². The van der Waals surface area contributed by atoms with Crippen molar-refractivity contribution in [3.05, 3.63) is 10.4 Å². The Kier molecular flexibility index (Phi) is 6.64. The summed E-state index contributed by atoms with van der Waals surface area (Å²) in [6.07, 6.45) is 0.137. The summed E-state index contributed by atoms with van der Waals surface area (Å²) in [7, 11) is 0. The zero-order valence-corrected chi connectivity index (χ0v) is 13.6. The van der Waals surface area contributed by atoms with Gasteiger partial charge in [0, 0.05) is 13.5 Å². The molecule has 6 nitrogen and oxygen atoms in total. The van der Waals surface area contributed by atoms with Crippen LogP contribution in [-0.2, 0) is 9.47 Å². The number of carbonyl (C=O) groups is 2. The minimum atomic E-state index is -0.522. The third-order valence-electron chi connectivity index (χ3n) is 2.58. The van der Waals surface area contributed by atoms with Gasteiger partial charge in [0.2, 0.25) is 0 Å². The fraction of sp³-hybridized carbons (Fsp3) is 0.571. The third kappa shape index (κ3) is 4.71. The molecule has 3 N–H and O–H groups in total. The van der Waals surface area contributed by atoms with E-state index in [1.54, 1.807) is 6.92 Å². The van der Waals surface area contributed by atoms with Crippen LogP contribution in [0.15, 0.2) is 0 Å². The number of hydrogen-bond acceptors (Lipinski definition) is 7. The van der Waals surface area contributed by atoms with Gasteiger partial charge in [0.05, 0.1) is 29.9 Å². The van der Waals surface area contributed by atoms with Crippen molar-refractivity contribution in [2.45, 2.75) is 33.8 Å². The zero-order chi connectivity index (χ0) is 16.0. The lowest BCUT2D eigenvalue weighted by Crippen LogP contribution is -2.15. The van der Waals surface area contributed by atoms with Crippen molar-refractivity contribution in [2.75, 3.05) is 30.8 Å². The standard InChI is InChI=1S/C14H22N2O4S/c1-5-19-14(18)10-11(15)12(9(4)17)21-13(10)16-6-7-20-8(2)3/h8,16H,5-7,15H2,1-4H3. The van der Waals surface area contributed by atoms with Gasteiger partial charge in [-0.1, -0.05) is 0 Å². The van der Waals surface area contributed by atoms with E-state index in [1.165, 1.54) is 18.3 Å². The number of hydrogen-bond donors (Lipinski definition) is 2. The molecule has 1 rings (SSSR count). The summed E-state index contributed by atoms with van der Waals surface area (Å²) in [4.78, 5) is 23.9. The van der Waals surface area contributed by atoms with Crippen LogP contribution in [0.2, 0.25) is 0 Å². The summed E-state index contributed by atoms with van der Waals surface area (Å²) in [5.74, 6) is -0.694. The Morgan fingerprint density at radius 2 is 2.05 bits per heavy atom. The summed E-state index contributed by atoms with van der Waals surface area (Å²) < 4.78 is 10.4. The maximum atomic E-state index is 12.0. The quantitative estimate of drug-likeness (QED) is 0.435. The number of ether oxygens (including phenoxy) is 2. The van der Waals surface area contributed by atoms with Crippen molar-refractivity contribution in [1.82, 2.24) is 0 Å². The molecular formula is C14H22N2O4S. The van der Waals surface area contributed by atoms with Crippen LogP contribution in [-0.4, -0.2) is 37.6 Å². The average Bonchev–Trinajstić information content (AvgIpc) is 2.72. The molecule has 0 aliphatic carbocycles. The Morgan fingerprint density at radius 3 is 2.57 bits per heavy atom. The predicted molar refractivity (Wildman–Crippen MR) is 84.3 cm³/mol. The molecule has 21 heavy (non-hydrogen) atoms. The molecule has 0 saturated carbocycles. The van der Waals surface area contributed by atoms with Gasteiger partial charge in [0.1, 0.15) is 10.6 Å². The third-order valence-corrected chi connectivity index (χ3v) is 3.85. The molecule has 0 amide bonds. The van der Waals surface area contributed by atoms with Gasteiger partial charge in [0.15, 0.2) is 5.78 Å². The molecule has 118 valence electrons. The smallest absolute Gasteiger partial charge is 0.343 e. The van der Waals surface area contributed by atoms with Crippen LogP contribution in [0.4, 0.5) is 10.7 Å². The molecule has 0 bridgehead atoms. The minimum Gasteiger partial charge on any atom is -0.462 e. The Morgan fingerprint density at radius 1 is 1.38 bits per heavy atom. The molecule has 0 aromatic carbocycles. The minimum absolute atomic E-state index is 0.137. The number of carbonyl (C=O) groups excluding carboxylic acids is 2. The highest BCUT2D eigenvalue weighted by Gasteiger charge is 2.24. The average molecular weight is 314 g/mol. The monoisotopic (exact) mass is 314 g/mol. The predicted octanol–water partition coefficient (Wildman–Crippen LogP) is 2.55. The highest BCUT2D eigenvalue weighted by molar-refractivity contribution is 7.19. The van der Waals surface area contributed by atoms with Crippen molar-refractivity contribution >= 4 is 33.8 Å². The van der Waals surface area contributed by atoms with Crippen LogP contribution in [0.1, 0.15) is 47.7 Å². The van der Waals surface area contributed by atoms with E-state index < -0.39 is 5.97 Å². The maximum absolute atomic E-state index is 12.0. The van der Waals surface area contributed by atoms with Crippen molar-refractivity contribution < 1.29 is 19.1 Å². The van der Waals surface area contributed by atoms with Crippen molar-refractivity contribution in [2.24, 2.45) is 0 Å². The summed E-state index contributed by atoms with van der Waals surface area (Å²) in [5, 5.41) is 3.63. The van der Waals surface area contributed by atoms with Crippen molar-refractivity contribution in [3.8, 4) is 0 Å². The lowest BCUT2D eigenvalue weighted by Gasteiger charge is -2.10. The maximum Gasteiger partial charge on any atom is 0.343 e. The number of anilines is 2. The number of nitrogen functional groups attached to an aromatic ring is 1. The Balaban J connectivity index is 2.92. The molecule has 0 aliphatic rings. The second-order valence-electron chi connectivity index (χ2n) is 4.67. The van der Waals surface area contributed by atoms with Crippen LogP contribution >= 0.6 is 11.3 Å². The van der Waals surface area contributed by atoms with E-state index in [0.717, 1.165) is 0 Å². The van der Waals surface area contributed by atoms with E-state index in [2.05, 4.69) is 5.32 Å². The van der Waals surface area contributed by atoms with Crippen LogP contribution < -0.4 is 11.1 Å². The molecule has 0 saturated heterocycles. The van der Waals surface area contributed by atoms with Gasteiger partial charge in [-0.3, -0.25) is 4.79 Å². The van der Waals surface area contributed by atoms with E-state index in [4.69, 9.17) is 15.2 Å². The van der Waals surface area contributed by atoms with Crippen LogP contribution in [0.3, 0.4) is 0 Å². The number of rotatable bonds is 8. The fourth-order valence-electron chi connectivity index (χ4n) is 1.70. The van der Waals surface area contributed by atoms with E-state index in [-0.39, 0.29) is 29.7 Å². The van der Waals surface area contributed by atoms with Gasteiger partial charge < -0.3 is 20.5 Å². The molecule has 0 spiro atoms. The normalized spacial score (nSPS) is 10.7. The second-order valence-corrected chi connectivity index (χ2v) is 5.69. The first-order chi connectivity index (χ1) is 9.88. The lowest BCUT2D eigenvalue weighted by atomic mass is 10.2. The molecule has 0 aliphatic heterocycles. The highest BCUT2D eigenvalue weighted by atomic mass is 32.1. The Hall–Kier alpha value is -1.60. The second kappa shape index (κ2) is 7.99. The fourth-order valence-corrected chi connectivity index (χ4v) is 2.72. The Labute approximate surface area is 128 Å². The largest absolute Gasteiger partial charge is 0.462 e. The van der Waals surface area contributed by atoms with E-state index in [0.29, 0.717) is 23.0 Å². The topological polar surface area (TPSA) is 90.6 Å². The number of ketones is 1. The molecule has 1 aromatic heterocycles. The zero-order valence-electron chi connectivity index (χ0n) is 12.8. The molecular weight excluding hydrogens is 292 g/mol. The molecule has 0 unspecified atom stereocenters. The first-order valence-electron chi connectivity index (χ1n) is 6.84. The van der Waals surface area contributed by atoms with E-state index >= 15 is 0 Å². The molecule has 1 aromatic rings. The van der Waals surface area contributed by atoms with Crippen molar-refractivity contribution in [1.29, 1.82) is 0 Å². The molecule has 0 radical (unpaired) electrons. The summed E-state index contributed by atoms with van der Waals surface area (Å²) in [6, 6.07) is 0. The van der Waals surface area contributed by atoms with Gasteiger partial charge in [-0.25, -0.2) is 4.79 Å².